The number of anilines is 2. The molecule has 4 aromatic carbocycles. The normalized spacial score (nSPS) is 15.7. The van der Waals surface area contributed by atoms with Gasteiger partial charge in [0, 0.05) is 110 Å². The van der Waals surface area contributed by atoms with Crippen LogP contribution in [0.5, 0.6) is 0 Å². The number of hydrogen-bond acceptors (Lipinski definition) is 6. The second kappa shape index (κ2) is 18.0. The number of hydrogen-bond donors (Lipinski definition) is 0. The molecule has 4 aromatic rings. The summed E-state index contributed by atoms with van der Waals surface area (Å²) in [6, 6.07) is 31.8. The molecule has 0 bridgehead atoms. The monoisotopic (exact) mass is 730 g/mol. The molecule has 2 aliphatic heterocycles. The molecule has 0 spiro atoms. The largest absolute Gasteiger partial charge is 0.378 e. The Hall–Kier alpha value is -5.48. The summed E-state index contributed by atoms with van der Waals surface area (Å²) >= 11 is 0. The lowest BCUT2D eigenvalue weighted by atomic mass is 10.0. The zero-order valence-electron chi connectivity index (χ0n) is 31.6. The van der Waals surface area contributed by atoms with Gasteiger partial charge in [0.05, 0.1) is 0 Å². The first-order chi connectivity index (χ1) is 26.1. The highest BCUT2D eigenvalue weighted by Gasteiger charge is 2.34. The number of carbonyl (C=O) groups excluding carboxylic acids is 3. The van der Waals surface area contributed by atoms with Crippen molar-refractivity contribution in [2.24, 2.45) is 0 Å². The van der Waals surface area contributed by atoms with Crippen LogP contribution in [0.3, 0.4) is 0 Å². The molecule has 0 aliphatic carbocycles. The van der Waals surface area contributed by atoms with Gasteiger partial charge in [-0.15, -0.1) is 0 Å². The van der Waals surface area contributed by atoms with Gasteiger partial charge < -0.3 is 24.5 Å². The van der Waals surface area contributed by atoms with E-state index in [4.69, 9.17) is 0 Å². The SMILES string of the molecule is CC(=O)N1CCN(c2ccc(CN(C(=O)/C=C/c3ccc(F)cc3)[C@@H](Cc3ccccc3)C(=O)N3CCN(Cc4ccc(N(C)C)cc4)CC3)cc2)CC1. The second-order valence-electron chi connectivity index (χ2n) is 14.4. The zero-order chi connectivity index (χ0) is 38.0. The highest BCUT2D eigenvalue weighted by molar-refractivity contribution is 5.95. The predicted octanol–water partition coefficient (Wildman–Crippen LogP) is 5.56. The fraction of sp³-hybridized carbons (Fsp3) is 0.341. The van der Waals surface area contributed by atoms with E-state index >= 15 is 0 Å². The van der Waals surface area contributed by atoms with Gasteiger partial charge in [0.25, 0.3) is 0 Å². The molecule has 0 radical (unpaired) electrons. The Balaban J connectivity index is 1.22. The summed E-state index contributed by atoms with van der Waals surface area (Å²) in [5.41, 5.74) is 6.01. The molecule has 6 rings (SSSR count). The predicted molar refractivity (Wildman–Crippen MR) is 213 cm³/mol. The highest BCUT2D eigenvalue weighted by Crippen LogP contribution is 2.23. The van der Waals surface area contributed by atoms with Crippen molar-refractivity contribution in [2.75, 3.05) is 76.3 Å². The van der Waals surface area contributed by atoms with Gasteiger partial charge in [-0.1, -0.05) is 66.7 Å². The second-order valence-corrected chi connectivity index (χ2v) is 14.4. The van der Waals surface area contributed by atoms with Gasteiger partial charge in [-0.05, 0) is 64.7 Å². The number of rotatable bonds is 12. The number of piperazine rings is 2. The molecular formula is C44H51FN6O3. The van der Waals surface area contributed by atoms with Crippen LogP contribution in [-0.4, -0.2) is 110 Å². The smallest absolute Gasteiger partial charge is 0.247 e. The third-order valence-electron chi connectivity index (χ3n) is 10.4. The number of nitrogens with zero attached hydrogens (tertiary/aromatic N) is 6. The van der Waals surface area contributed by atoms with Gasteiger partial charge in [0.15, 0.2) is 0 Å². The van der Waals surface area contributed by atoms with Crippen molar-refractivity contribution < 1.29 is 18.8 Å². The van der Waals surface area contributed by atoms with E-state index in [0.29, 0.717) is 38.2 Å². The van der Waals surface area contributed by atoms with Crippen LogP contribution in [-0.2, 0) is 33.9 Å². The third-order valence-corrected chi connectivity index (χ3v) is 10.4. The van der Waals surface area contributed by atoms with Crippen LogP contribution >= 0.6 is 0 Å². The summed E-state index contributed by atoms with van der Waals surface area (Å²) < 4.78 is 13.6. The molecular weight excluding hydrogens is 680 g/mol. The number of halogens is 1. The minimum absolute atomic E-state index is 0.0719. The van der Waals surface area contributed by atoms with E-state index in [2.05, 4.69) is 51.1 Å². The summed E-state index contributed by atoms with van der Waals surface area (Å²) in [4.78, 5) is 52.9. The highest BCUT2D eigenvalue weighted by atomic mass is 19.1. The number of benzene rings is 4. The van der Waals surface area contributed by atoms with Crippen LogP contribution in [0.15, 0.2) is 109 Å². The third kappa shape index (κ3) is 10.1. The first-order valence-electron chi connectivity index (χ1n) is 18.8. The van der Waals surface area contributed by atoms with Crippen molar-refractivity contribution in [3.05, 3.63) is 137 Å². The lowest BCUT2D eigenvalue weighted by Gasteiger charge is -2.39. The van der Waals surface area contributed by atoms with Crippen molar-refractivity contribution in [3.8, 4) is 0 Å². The molecule has 282 valence electrons. The van der Waals surface area contributed by atoms with Gasteiger partial charge in [0.1, 0.15) is 11.9 Å². The van der Waals surface area contributed by atoms with Gasteiger partial charge >= 0.3 is 0 Å². The van der Waals surface area contributed by atoms with Crippen molar-refractivity contribution in [2.45, 2.75) is 32.5 Å². The summed E-state index contributed by atoms with van der Waals surface area (Å²) in [5, 5.41) is 0. The van der Waals surface area contributed by atoms with E-state index in [1.165, 1.54) is 23.8 Å². The van der Waals surface area contributed by atoms with E-state index < -0.39 is 6.04 Å². The molecule has 2 saturated heterocycles. The molecule has 1 atom stereocenters. The molecule has 0 unspecified atom stereocenters. The molecule has 0 aromatic heterocycles. The van der Waals surface area contributed by atoms with E-state index in [9.17, 15) is 18.8 Å². The van der Waals surface area contributed by atoms with E-state index in [1.54, 1.807) is 30.0 Å². The lowest BCUT2D eigenvalue weighted by molar-refractivity contribution is -0.145. The summed E-state index contributed by atoms with van der Waals surface area (Å²) in [7, 11) is 4.06. The Kier molecular flexibility index (Phi) is 12.8. The van der Waals surface area contributed by atoms with Crippen molar-refractivity contribution in [1.29, 1.82) is 0 Å². The summed E-state index contributed by atoms with van der Waals surface area (Å²) in [6.07, 6.45) is 3.53. The first-order valence-corrected chi connectivity index (χ1v) is 18.8. The molecule has 9 nitrogen and oxygen atoms in total. The van der Waals surface area contributed by atoms with Crippen LogP contribution in [0, 0.1) is 5.82 Å². The maximum atomic E-state index is 14.7. The molecule has 10 heteroatoms. The summed E-state index contributed by atoms with van der Waals surface area (Å²) in [5.74, 6) is -0.619. The fourth-order valence-electron chi connectivity index (χ4n) is 7.13. The average molecular weight is 731 g/mol. The average Bonchev–Trinajstić information content (AvgIpc) is 3.20. The standard InChI is InChI=1S/C44H51FN6O3/c1-34(52)48-27-29-49(30-28-48)41-20-13-38(14-21-41)33-51(43(53)22-15-35-9-16-39(45)17-10-35)42(31-36-7-5-4-6-8-36)44(54)50-25-23-47(24-26-50)32-37-11-18-40(19-12-37)46(2)3/h4-22,42H,23-33H2,1-3H3/b22-15+/t42-/m0/s1. The minimum atomic E-state index is -0.748. The Bertz CT molecular complexity index is 1870. The number of carbonyl (C=O) groups is 3. The van der Waals surface area contributed by atoms with E-state index in [0.717, 1.165) is 55.2 Å². The van der Waals surface area contributed by atoms with Gasteiger partial charge in [-0.3, -0.25) is 19.3 Å². The Morgan fingerprint density at radius 2 is 1.31 bits per heavy atom. The van der Waals surface area contributed by atoms with Gasteiger partial charge in [0.2, 0.25) is 17.7 Å². The molecule has 0 N–H and O–H groups in total. The van der Waals surface area contributed by atoms with E-state index in [1.807, 2.05) is 66.4 Å². The topological polar surface area (TPSA) is 70.6 Å². The Labute approximate surface area is 318 Å². The van der Waals surface area contributed by atoms with Crippen molar-refractivity contribution in [1.82, 2.24) is 19.6 Å². The van der Waals surface area contributed by atoms with Crippen LogP contribution in [0.2, 0.25) is 0 Å². The van der Waals surface area contributed by atoms with Crippen LogP contribution in [0.25, 0.3) is 6.08 Å². The zero-order valence-corrected chi connectivity index (χ0v) is 31.6. The van der Waals surface area contributed by atoms with Crippen LogP contribution < -0.4 is 9.80 Å². The molecule has 2 aliphatic rings. The summed E-state index contributed by atoms with van der Waals surface area (Å²) in [6.45, 7) is 8.12. The molecule has 54 heavy (non-hydrogen) atoms. The first kappa shape index (κ1) is 38.3. The van der Waals surface area contributed by atoms with Gasteiger partial charge in [-0.25, -0.2) is 4.39 Å². The maximum absolute atomic E-state index is 14.7. The lowest BCUT2D eigenvalue weighted by Crippen LogP contribution is -2.56. The quantitative estimate of drug-likeness (QED) is 0.178. The molecule has 0 saturated carbocycles. The molecule has 2 heterocycles. The molecule has 3 amide bonds. The Morgan fingerprint density at radius 3 is 1.93 bits per heavy atom. The van der Waals surface area contributed by atoms with Crippen molar-refractivity contribution >= 4 is 35.2 Å². The fourth-order valence-corrected chi connectivity index (χ4v) is 7.13. The Morgan fingerprint density at radius 1 is 0.704 bits per heavy atom. The number of amides is 3. The van der Waals surface area contributed by atoms with E-state index in [-0.39, 0.29) is 30.1 Å². The van der Waals surface area contributed by atoms with Crippen molar-refractivity contribution in [3.63, 3.8) is 0 Å². The maximum Gasteiger partial charge on any atom is 0.247 e. The van der Waals surface area contributed by atoms with Crippen LogP contribution in [0.1, 0.15) is 29.2 Å². The minimum Gasteiger partial charge on any atom is -0.378 e. The van der Waals surface area contributed by atoms with Gasteiger partial charge in [-0.2, -0.15) is 0 Å². The molecule has 2 fully saturated rings. The van der Waals surface area contributed by atoms with Crippen LogP contribution in [0.4, 0.5) is 15.8 Å².